The fourth-order valence-electron chi connectivity index (χ4n) is 2.04. The third kappa shape index (κ3) is 2.74. The quantitative estimate of drug-likeness (QED) is 0.597. The Morgan fingerprint density at radius 1 is 0.905 bits per heavy atom. The maximum Gasteiger partial charge on any atom is 0.196 e. The molecular formula is C17H16O4. The predicted octanol–water partition coefficient (Wildman–Crippen LogP) is 3.32. The van der Waals surface area contributed by atoms with Crippen LogP contribution in [0.3, 0.4) is 0 Å². The minimum Gasteiger partial charge on any atom is -0.508 e. The summed E-state index contributed by atoms with van der Waals surface area (Å²) in [6.45, 7) is 7.36. The van der Waals surface area contributed by atoms with Crippen LogP contribution in [0, 0.1) is 13.8 Å². The van der Waals surface area contributed by atoms with Gasteiger partial charge in [-0.1, -0.05) is 6.58 Å². The zero-order valence-corrected chi connectivity index (χ0v) is 11.8. The van der Waals surface area contributed by atoms with Crippen molar-refractivity contribution in [1.82, 2.24) is 0 Å². The van der Waals surface area contributed by atoms with Gasteiger partial charge < -0.3 is 15.3 Å². The number of hydrogen-bond acceptors (Lipinski definition) is 4. The first kappa shape index (κ1) is 14.7. The van der Waals surface area contributed by atoms with Crippen LogP contribution in [-0.2, 0) is 0 Å². The van der Waals surface area contributed by atoms with Gasteiger partial charge in [-0.3, -0.25) is 4.79 Å². The van der Waals surface area contributed by atoms with Gasteiger partial charge in [0.25, 0.3) is 0 Å². The summed E-state index contributed by atoms with van der Waals surface area (Å²) in [6, 6.07) is 7.01. The average molecular weight is 284 g/mol. The first-order chi connectivity index (χ1) is 9.81. The van der Waals surface area contributed by atoms with Crippen molar-refractivity contribution >= 4 is 11.4 Å². The molecule has 108 valence electrons. The highest BCUT2D eigenvalue weighted by Gasteiger charge is 2.19. The third-order valence-electron chi connectivity index (χ3n) is 3.44. The smallest absolute Gasteiger partial charge is 0.196 e. The molecule has 0 atom stereocenters. The van der Waals surface area contributed by atoms with E-state index in [4.69, 9.17) is 0 Å². The van der Waals surface area contributed by atoms with Crippen LogP contribution in [0.2, 0.25) is 0 Å². The number of ketones is 1. The van der Waals surface area contributed by atoms with Crippen LogP contribution >= 0.6 is 0 Å². The number of carbonyl (C=O) groups is 1. The summed E-state index contributed by atoms with van der Waals surface area (Å²) in [6.07, 6.45) is 0. The number of hydrogen-bond donors (Lipinski definition) is 3. The number of rotatable bonds is 3. The Kier molecular flexibility index (Phi) is 3.72. The van der Waals surface area contributed by atoms with E-state index in [-0.39, 0.29) is 33.9 Å². The molecule has 4 nitrogen and oxygen atoms in total. The molecule has 0 saturated heterocycles. The van der Waals surface area contributed by atoms with E-state index < -0.39 is 5.78 Å². The molecule has 0 spiro atoms. The summed E-state index contributed by atoms with van der Waals surface area (Å²) >= 11 is 0. The molecule has 3 N–H and O–H groups in total. The Morgan fingerprint density at radius 3 is 2.10 bits per heavy atom. The topological polar surface area (TPSA) is 77.8 Å². The summed E-state index contributed by atoms with van der Waals surface area (Å²) in [4.78, 5) is 12.4. The maximum absolute atomic E-state index is 12.4. The van der Waals surface area contributed by atoms with Gasteiger partial charge in [0.05, 0.1) is 5.56 Å². The fourth-order valence-corrected chi connectivity index (χ4v) is 2.04. The molecule has 2 aromatic carbocycles. The molecule has 0 radical (unpaired) electrons. The maximum atomic E-state index is 12.4. The van der Waals surface area contributed by atoms with E-state index in [1.54, 1.807) is 6.07 Å². The summed E-state index contributed by atoms with van der Waals surface area (Å²) in [5.41, 5.74) is 2.15. The lowest BCUT2D eigenvalue weighted by atomic mass is 9.94. The minimum absolute atomic E-state index is 0.0473. The van der Waals surface area contributed by atoms with Crippen molar-refractivity contribution in [3.63, 3.8) is 0 Å². The highest BCUT2D eigenvalue weighted by molar-refractivity contribution is 6.29. The molecule has 0 aromatic heterocycles. The predicted molar refractivity (Wildman–Crippen MR) is 80.7 cm³/mol. The number of carbonyl (C=O) groups excluding carboxylic acids is 1. The Labute approximate surface area is 122 Å². The minimum atomic E-state index is -0.475. The zero-order valence-electron chi connectivity index (χ0n) is 11.8. The number of aromatic hydroxyl groups is 3. The fraction of sp³-hybridized carbons (Fsp3) is 0.118. The lowest BCUT2D eigenvalue weighted by Crippen LogP contribution is -2.03. The third-order valence-corrected chi connectivity index (χ3v) is 3.44. The summed E-state index contributed by atoms with van der Waals surface area (Å²) < 4.78 is 0. The van der Waals surface area contributed by atoms with Crippen molar-refractivity contribution in [2.75, 3.05) is 0 Å². The van der Waals surface area contributed by atoms with Gasteiger partial charge in [-0.15, -0.1) is 0 Å². The molecule has 0 fully saturated rings. The van der Waals surface area contributed by atoms with Gasteiger partial charge >= 0.3 is 0 Å². The van der Waals surface area contributed by atoms with Crippen LogP contribution in [-0.4, -0.2) is 21.1 Å². The van der Waals surface area contributed by atoms with E-state index in [0.29, 0.717) is 0 Å². The Hall–Kier alpha value is -2.75. The van der Waals surface area contributed by atoms with Crippen molar-refractivity contribution in [1.29, 1.82) is 0 Å². The van der Waals surface area contributed by atoms with Crippen LogP contribution in [0.4, 0.5) is 0 Å². The molecule has 0 saturated carbocycles. The summed E-state index contributed by atoms with van der Waals surface area (Å²) in [5.74, 6) is -0.943. The van der Waals surface area contributed by atoms with E-state index in [2.05, 4.69) is 6.58 Å². The molecule has 0 aliphatic heterocycles. The summed E-state index contributed by atoms with van der Waals surface area (Å²) in [5, 5.41) is 29.0. The molecule has 0 amide bonds. The highest BCUT2D eigenvalue weighted by Crippen LogP contribution is 2.32. The van der Waals surface area contributed by atoms with E-state index in [1.165, 1.54) is 18.2 Å². The molecule has 0 bridgehead atoms. The molecule has 21 heavy (non-hydrogen) atoms. The lowest BCUT2D eigenvalue weighted by Gasteiger charge is -2.11. The Morgan fingerprint density at radius 2 is 1.48 bits per heavy atom. The molecule has 4 heteroatoms. The number of aryl methyl sites for hydroxylation is 2. The lowest BCUT2D eigenvalue weighted by molar-refractivity contribution is 0.105. The van der Waals surface area contributed by atoms with Gasteiger partial charge in [-0.25, -0.2) is 0 Å². The van der Waals surface area contributed by atoms with Crippen molar-refractivity contribution in [3.05, 3.63) is 59.2 Å². The van der Waals surface area contributed by atoms with Gasteiger partial charge in [0.2, 0.25) is 0 Å². The van der Waals surface area contributed by atoms with E-state index in [1.807, 2.05) is 13.8 Å². The monoisotopic (exact) mass is 284 g/mol. The van der Waals surface area contributed by atoms with Crippen molar-refractivity contribution in [2.45, 2.75) is 13.8 Å². The number of benzene rings is 2. The van der Waals surface area contributed by atoms with Gasteiger partial charge in [0, 0.05) is 17.2 Å². The van der Waals surface area contributed by atoms with Gasteiger partial charge in [-0.05, 0) is 49.2 Å². The number of phenolic OH excluding ortho intramolecular Hbond substituents is 3. The first-order valence-electron chi connectivity index (χ1n) is 6.37. The van der Waals surface area contributed by atoms with Crippen LogP contribution in [0.1, 0.15) is 27.0 Å². The molecule has 2 aromatic rings. The summed E-state index contributed by atoms with van der Waals surface area (Å²) in [7, 11) is 0. The molecule has 0 heterocycles. The van der Waals surface area contributed by atoms with Gasteiger partial charge in [-0.2, -0.15) is 0 Å². The molecule has 0 aliphatic rings. The standard InChI is InChI=1S/C17H16O4/c1-9-6-14(15(19)7-10(9)2)17(21)11(3)13-5-4-12(18)8-16(13)20/h4-8,18-20H,3H2,1-2H3. The van der Waals surface area contributed by atoms with Crippen molar-refractivity contribution in [3.8, 4) is 17.2 Å². The number of Topliss-reactive ketones (excluding diaryl/α,β-unsaturated/α-hetero) is 1. The molecular weight excluding hydrogens is 268 g/mol. The van der Waals surface area contributed by atoms with Crippen LogP contribution in [0.15, 0.2) is 36.9 Å². The van der Waals surface area contributed by atoms with Crippen molar-refractivity contribution < 1.29 is 20.1 Å². The first-order valence-corrected chi connectivity index (χ1v) is 6.37. The molecule has 2 rings (SSSR count). The SMILES string of the molecule is C=C(C(=O)c1cc(C)c(C)cc1O)c1ccc(O)cc1O. The van der Waals surface area contributed by atoms with E-state index in [0.717, 1.165) is 17.2 Å². The normalized spacial score (nSPS) is 10.4. The Bertz CT molecular complexity index is 745. The van der Waals surface area contributed by atoms with Crippen LogP contribution in [0.25, 0.3) is 5.57 Å². The Balaban J connectivity index is 2.45. The van der Waals surface area contributed by atoms with E-state index in [9.17, 15) is 20.1 Å². The molecule has 0 aliphatic carbocycles. The second-order valence-electron chi connectivity index (χ2n) is 4.96. The number of allylic oxidation sites excluding steroid dienone is 1. The zero-order chi connectivity index (χ0) is 15.7. The van der Waals surface area contributed by atoms with Gasteiger partial charge in [0.1, 0.15) is 17.2 Å². The highest BCUT2D eigenvalue weighted by atomic mass is 16.3. The number of phenols is 3. The van der Waals surface area contributed by atoms with Gasteiger partial charge in [0.15, 0.2) is 5.78 Å². The second-order valence-corrected chi connectivity index (χ2v) is 4.96. The average Bonchev–Trinajstić information content (AvgIpc) is 2.41. The van der Waals surface area contributed by atoms with Crippen LogP contribution in [0.5, 0.6) is 17.2 Å². The molecule has 0 unspecified atom stereocenters. The second kappa shape index (κ2) is 5.32. The van der Waals surface area contributed by atoms with Crippen molar-refractivity contribution in [2.24, 2.45) is 0 Å². The van der Waals surface area contributed by atoms with Crippen LogP contribution < -0.4 is 0 Å². The van der Waals surface area contributed by atoms with E-state index >= 15 is 0 Å². The largest absolute Gasteiger partial charge is 0.508 e.